The Kier molecular flexibility index (Phi) is 3.13. The van der Waals surface area contributed by atoms with Crippen LogP contribution < -0.4 is 10.1 Å². The molecule has 0 unspecified atom stereocenters. The van der Waals surface area contributed by atoms with Gasteiger partial charge in [-0.25, -0.2) is 0 Å². The topological polar surface area (TPSA) is 38.3 Å². The van der Waals surface area contributed by atoms with E-state index in [2.05, 4.69) is 12.2 Å². The predicted molar refractivity (Wildman–Crippen MR) is 62.1 cm³/mol. The summed E-state index contributed by atoms with van der Waals surface area (Å²) < 4.78 is 5.22. The zero-order chi connectivity index (χ0) is 11.5. The minimum Gasteiger partial charge on any atom is -0.496 e. The molecule has 0 heterocycles. The molecule has 1 fully saturated rings. The second kappa shape index (κ2) is 4.56. The van der Waals surface area contributed by atoms with E-state index in [0.717, 1.165) is 17.7 Å². The molecule has 1 aliphatic carbocycles. The molecule has 0 aliphatic heterocycles. The highest BCUT2D eigenvalue weighted by Gasteiger charge is 2.38. The van der Waals surface area contributed by atoms with Gasteiger partial charge in [-0.05, 0) is 18.4 Å². The van der Waals surface area contributed by atoms with Crippen molar-refractivity contribution in [3.05, 3.63) is 29.8 Å². The number of nitrogens with one attached hydrogen (secondary N) is 1. The molecule has 0 saturated heterocycles. The van der Waals surface area contributed by atoms with Gasteiger partial charge < -0.3 is 10.1 Å². The van der Waals surface area contributed by atoms with E-state index in [9.17, 15) is 4.79 Å². The molecule has 0 bridgehead atoms. The van der Waals surface area contributed by atoms with Crippen molar-refractivity contribution in [2.45, 2.75) is 19.9 Å². The quantitative estimate of drug-likeness (QED) is 0.840. The van der Waals surface area contributed by atoms with E-state index < -0.39 is 0 Å². The zero-order valence-corrected chi connectivity index (χ0v) is 9.69. The van der Waals surface area contributed by atoms with Crippen molar-refractivity contribution in [3.8, 4) is 5.75 Å². The summed E-state index contributed by atoms with van der Waals surface area (Å²) in [6.45, 7) is 2.65. The van der Waals surface area contributed by atoms with Crippen LogP contribution in [0.1, 0.15) is 18.9 Å². The van der Waals surface area contributed by atoms with Crippen LogP contribution in [0.2, 0.25) is 0 Å². The van der Waals surface area contributed by atoms with E-state index in [-0.39, 0.29) is 11.8 Å². The number of methoxy groups -OCH3 is 1. The first kappa shape index (κ1) is 11.0. The van der Waals surface area contributed by atoms with Gasteiger partial charge in [0, 0.05) is 18.0 Å². The highest BCUT2D eigenvalue weighted by molar-refractivity contribution is 5.81. The summed E-state index contributed by atoms with van der Waals surface area (Å²) >= 11 is 0. The molecule has 1 saturated carbocycles. The maximum Gasteiger partial charge on any atom is 0.223 e. The van der Waals surface area contributed by atoms with E-state index in [0.29, 0.717) is 12.5 Å². The first-order chi connectivity index (χ1) is 7.72. The van der Waals surface area contributed by atoms with Crippen molar-refractivity contribution in [1.82, 2.24) is 5.32 Å². The maximum atomic E-state index is 11.6. The van der Waals surface area contributed by atoms with Gasteiger partial charge in [0.1, 0.15) is 5.75 Å². The van der Waals surface area contributed by atoms with Gasteiger partial charge in [0.05, 0.1) is 7.11 Å². The van der Waals surface area contributed by atoms with Crippen molar-refractivity contribution in [1.29, 1.82) is 0 Å². The van der Waals surface area contributed by atoms with Crippen molar-refractivity contribution in [3.63, 3.8) is 0 Å². The Morgan fingerprint density at radius 2 is 2.19 bits per heavy atom. The van der Waals surface area contributed by atoms with Crippen molar-refractivity contribution in [2.24, 2.45) is 11.8 Å². The molecular weight excluding hydrogens is 202 g/mol. The second-order valence-corrected chi connectivity index (χ2v) is 4.35. The summed E-state index contributed by atoms with van der Waals surface area (Å²) in [7, 11) is 1.64. The number of carbonyl (C=O) groups is 1. The molecule has 1 aromatic carbocycles. The zero-order valence-electron chi connectivity index (χ0n) is 9.69. The largest absolute Gasteiger partial charge is 0.496 e. The molecule has 2 atom stereocenters. The molecule has 3 nitrogen and oxygen atoms in total. The van der Waals surface area contributed by atoms with Gasteiger partial charge in [-0.15, -0.1) is 0 Å². The van der Waals surface area contributed by atoms with Gasteiger partial charge in [-0.2, -0.15) is 0 Å². The van der Waals surface area contributed by atoms with Gasteiger partial charge in [0.25, 0.3) is 0 Å². The van der Waals surface area contributed by atoms with Crippen molar-refractivity contribution < 1.29 is 9.53 Å². The van der Waals surface area contributed by atoms with E-state index in [4.69, 9.17) is 4.74 Å². The van der Waals surface area contributed by atoms with Gasteiger partial charge >= 0.3 is 0 Å². The molecule has 0 spiro atoms. The Hall–Kier alpha value is -1.51. The lowest BCUT2D eigenvalue weighted by Crippen LogP contribution is -2.25. The first-order valence-electron chi connectivity index (χ1n) is 5.62. The molecule has 1 N–H and O–H groups in total. The molecule has 3 heteroatoms. The van der Waals surface area contributed by atoms with Gasteiger partial charge in [-0.1, -0.05) is 25.1 Å². The molecule has 0 radical (unpaired) electrons. The molecular formula is C13H17NO2. The molecule has 0 aromatic heterocycles. The number of hydrogen-bond acceptors (Lipinski definition) is 2. The summed E-state index contributed by atoms with van der Waals surface area (Å²) in [5.74, 6) is 1.78. The fourth-order valence-corrected chi connectivity index (χ4v) is 1.85. The molecule has 16 heavy (non-hydrogen) atoms. The summed E-state index contributed by atoms with van der Waals surface area (Å²) in [4.78, 5) is 11.6. The van der Waals surface area contributed by atoms with Crippen LogP contribution in [-0.2, 0) is 11.3 Å². The summed E-state index contributed by atoms with van der Waals surface area (Å²) in [5, 5.41) is 2.95. The molecule has 1 aromatic rings. The monoisotopic (exact) mass is 219 g/mol. The number of hydrogen-bond donors (Lipinski definition) is 1. The van der Waals surface area contributed by atoms with Crippen LogP contribution in [0.5, 0.6) is 5.75 Å². The third-order valence-electron chi connectivity index (χ3n) is 3.09. The second-order valence-electron chi connectivity index (χ2n) is 4.35. The highest BCUT2D eigenvalue weighted by Crippen LogP contribution is 2.37. The van der Waals surface area contributed by atoms with E-state index in [1.54, 1.807) is 7.11 Å². The van der Waals surface area contributed by atoms with E-state index in [1.165, 1.54) is 0 Å². The normalized spacial score (nSPS) is 22.6. The lowest BCUT2D eigenvalue weighted by molar-refractivity contribution is -0.122. The lowest BCUT2D eigenvalue weighted by Gasteiger charge is -2.09. The minimum absolute atomic E-state index is 0.165. The number of rotatable bonds is 4. The van der Waals surface area contributed by atoms with Crippen LogP contribution >= 0.6 is 0 Å². The van der Waals surface area contributed by atoms with E-state index in [1.807, 2.05) is 24.3 Å². The number of ether oxygens (including phenoxy) is 1. The Balaban J connectivity index is 1.91. The smallest absolute Gasteiger partial charge is 0.223 e. The molecule has 2 rings (SSSR count). The summed E-state index contributed by atoms with van der Waals surface area (Å²) in [6.07, 6.45) is 1.03. The average Bonchev–Trinajstić information content (AvgIpc) is 3.04. The van der Waals surface area contributed by atoms with Gasteiger partial charge in [0.15, 0.2) is 0 Å². The standard InChI is InChI=1S/C13H17NO2/c1-9-7-11(9)13(15)14-8-10-5-3-4-6-12(10)16-2/h3-6,9,11H,7-8H2,1-2H3,(H,14,15)/t9-,11+/m1/s1. The number of para-hydroxylation sites is 1. The molecule has 1 aliphatic rings. The fraction of sp³-hybridized carbons (Fsp3) is 0.462. The Morgan fingerprint density at radius 3 is 2.81 bits per heavy atom. The van der Waals surface area contributed by atoms with Crippen LogP contribution in [-0.4, -0.2) is 13.0 Å². The predicted octanol–water partition coefficient (Wildman–Crippen LogP) is 1.97. The van der Waals surface area contributed by atoms with Crippen LogP contribution in [0.3, 0.4) is 0 Å². The third-order valence-corrected chi connectivity index (χ3v) is 3.09. The Bertz CT molecular complexity index is 389. The minimum atomic E-state index is 0.165. The summed E-state index contributed by atoms with van der Waals surface area (Å²) in [6, 6.07) is 7.74. The van der Waals surface area contributed by atoms with Crippen LogP contribution in [0.4, 0.5) is 0 Å². The van der Waals surface area contributed by atoms with Crippen LogP contribution in [0.25, 0.3) is 0 Å². The van der Waals surface area contributed by atoms with E-state index >= 15 is 0 Å². The van der Waals surface area contributed by atoms with Crippen molar-refractivity contribution >= 4 is 5.91 Å². The third kappa shape index (κ3) is 2.35. The lowest BCUT2D eigenvalue weighted by atomic mass is 10.2. The number of benzene rings is 1. The number of carbonyl (C=O) groups excluding carboxylic acids is 1. The van der Waals surface area contributed by atoms with Gasteiger partial charge in [0.2, 0.25) is 5.91 Å². The van der Waals surface area contributed by atoms with Gasteiger partial charge in [-0.3, -0.25) is 4.79 Å². The SMILES string of the molecule is COc1ccccc1CNC(=O)[C@H]1C[C@H]1C. The number of amides is 1. The maximum absolute atomic E-state index is 11.6. The van der Waals surface area contributed by atoms with Crippen LogP contribution in [0.15, 0.2) is 24.3 Å². The summed E-state index contributed by atoms with van der Waals surface area (Å²) in [5.41, 5.74) is 1.02. The van der Waals surface area contributed by atoms with Crippen LogP contribution in [0, 0.1) is 11.8 Å². The highest BCUT2D eigenvalue weighted by atomic mass is 16.5. The Labute approximate surface area is 95.8 Å². The molecule has 1 amide bonds. The Morgan fingerprint density at radius 1 is 1.50 bits per heavy atom. The average molecular weight is 219 g/mol. The fourth-order valence-electron chi connectivity index (χ4n) is 1.85. The first-order valence-corrected chi connectivity index (χ1v) is 5.62. The van der Waals surface area contributed by atoms with Crippen molar-refractivity contribution in [2.75, 3.05) is 7.11 Å². The molecule has 86 valence electrons.